The predicted octanol–water partition coefficient (Wildman–Crippen LogP) is 3.66. The van der Waals surface area contributed by atoms with Crippen molar-refractivity contribution in [3.8, 4) is 11.3 Å². The fourth-order valence-electron chi connectivity index (χ4n) is 3.70. The molecule has 0 aliphatic heterocycles. The van der Waals surface area contributed by atoms with Gasteiger partial charge in [0.15, 0.2) is 5.69 Å². The van der Waals surface area contributed by atoms with Crippen LogP contribution in [0.15, 0.2) is 56.5 Å². The Kier molecular flexibility index (Phi) is 7.58. The van der Waals surface area contributed by atoms with Gasteiger partial charge in [0.05, 0.1) is 0 Å². The number of aryl methyl sites for hydroxylation is 1. The Morgan fingerprint density at radius 3 is 2.39 bits per heavy atom. The van der Waals surface area contributed by atoms with Crippen LogP contribution in [0.25, 0.3) is 11.3 Å². The van der Waals surface area contributed by atoms with Gasteiger partial charge in [-0.25, -0.2) is 4.79 Å². The van der Waals surface area contributed by atoms with Crippen LogP contribution in [-0.4, -0.2) is 22.0 Å². The van der Waals surface area contributed by atoms with Crippen LogP contribution in [0.2, 0.25) is 0 Å². The second-order valence-electron chi connectivity index (χ2n) is 9.03. The summed E-state index contributed by atoms with van der Waals surface area (Å²) in [4.78, 5) is 42.0. The van der Waals surface area contributed by atoms with Crippen LogP contribution in [-0.2, 0) is 17.8 Å². The molecule has 0 fully saturated rings. The molecular weight excluding hydrogens is 420 g/mol. The molecule has 0 aliphatic rings. The van der Waals surface area contributed by atoms with Gasteiger partial charge < -0.3 is 15.1 Å². The van der Waals surface area contributed by atoms with E-state index < -0.39 is 11.2 Å². The number of carbonyl (C=O) groups excluding carboxylic acids is 1. The molecule has 0 spiro atoms. The molecule has 0 saturated carbocycles. The predicted molar refractivity (Wildman–Crippen MR) is 130 cm³/mol. The highest BCUT2D eigenvalue weighted by molar-refractivity contribution is 5.95. The van der Waals surface area contributed by atoms with Crippen LogP contribution in [0, 0.1) is 11.8 Å². The largest absolute Gasteiger partial charge is 0.461 e. The Balaban J connectivity index is 1.85. The molecule has 0 aliphatic carbocycles. The van der Waals surface area contributed by atoms with Crippen LogP contribution in [0.5, 0.6) is 0 Å². The number of nitrogen functional groups attached to an aromatic ring is 1. The number of nitrogens with zero attached hydrogens (tertiary/aromatic N) is 2. The van der Waals surface area contributed by atoms with E-state index in [1.807, 2.05) is 70.2 Å². The van der Waals surface area contributed by atoms with Crippen molar-refractivity contribution in [1.29, 1.82) is 0 Å². The molecule has 33 heavy (non-hydrogen) atoms. The van der Waals surface area contributed by atoms with Crippen molar-refractivity contribution >= 4 is 17.4 Å². The molecule has 0 atom stereocenters. The van der Waals surface area contributed by atoms with Crippen LogP contribution in [0.1, 0.15) is 39.9 Å². The summed E-state index contributed by atoms with van der Waals surface area (Å²) in [6.07, 6.45) is 0.514. The van der Waals surface area contributed by atoms with Crippen molar-refractivity contribution in [3.63, 3.8) is 0 Å². The third-order valence-corrected chi connectivity index (χ3v) is 5.19. The average Bonchev–Trinajstić information content (AvgIpc) is 3.23. The first kappa shape index (κ1) is 24.1. The maximum absolute atomic E-state index is 13.2. The van der Waals surface area contributed by atoms with E-state index in [1.54, 1.807) is 0 Å². The summed E-state index contributed by atoms with van der Waals surface area (Å²) in [5.41, 5.74) is 6.01. The highest BCUT2D eigenvalue weighted by atomic mass is 16.3. The van der Waals surface area contributed by atoms with E-state index in [1.165, 1.54) is 9.47 Å². The number of hydrogen-bond donors (Lipinski definition) is 2. The van der Waals surface area contributed by atoms with Crippen molar-refractivity contribution in [2.75, 3.05) is 17.2 Å². The Labute approximate surface area is 193 Å². The first-order valence-corrected chi connectivity index (χ1v) is 11.2. The minimum atomic E-state index is -0.657. The van der Waals surface area contributed by atoms with Gasteiger partial charge in [0.25, 0.3) is 5.56 Å². The zero-order chi connectivity index (χ0) is 24.1. The van der Waals surface area contributed by atoms with Crippen molar-refractivity contribution in [1.82, 2.24) is 9.55 Å². The summed E-state index contributed by atoms with van der Waals surface area (Å²) < 4.78 is 7.22. The SMILES string of the molecule is CC(C)CN(C(=O)CCc1ccc(-c2ccccc2)o1)c1c(N)n(CC(C)C)c(=O)[nH]c1=O. The summed E-state index contributed by atoms with van der Waals surface area (Å²) in [5, 5.41) is 0. The zero-order valence-corrected chi connectivity index (χ0v) is 19.6. The van der Waals surface area contributed by atoms with E-state index in [4.69, 9.17) is 10.2 Å². The molecule has 1 aromatic carbocycles. The van der Waals surface area contributed by atoms with Crippen molar-refractivity contribution in [2.24, 2.45) is 11.8 Å². The van der Waals surface area contributed by atoms with Gasteiger partial charge >= 0.3 is 5.69 Å². The van der Waals surface area contributed by atoms with E-state index in [0.29, 0.717) is 25.3 Å². The van der Waals surface area contributed by atoms with Gasteiger partial charge in [0, 0.05) is 31.5 Å². The lowest BCUT2D eigenvalue weighted by atomic mass is 10.1. The molecular formula is C25H32N4O4. The highest BCUT2D eigenvalue weighted by Crippen LogP contribution is 2.24. The van der Waals surface area contributed by atoms with Crippen LogP contribution < -0.4 is 21.9 Å². The number of carbonyl (C=O) groups is 1. The topological polar surface area (TPSA) is 114 Å². The Morgan fingerprint density at radius 2 is 1.76 bits per heavy atom. The molecule has 0 bridgehead atoms. The standard InChI is InChI=1S/C25H32N4O4/c1-16(2)14-28(22-23(26)29(15-17(3)4)25(32)27-24(22)31)21(30)13-11-19-10-12-20(33-19)18-8-6-5-7-9-18/h5-10,12,16-17H,11,13-15,26H2,1-4H3,(H,27,31,32). The van der Waals surface area contributed by atoms with Crippen molar-refractivity contribution < 1.29 is 9.21 Å². The van der Waals surface area contributed by atoms with Gasteiger partial charge in [-0.05, 0) is 24.0 Å². The maximum atomic E-state index is 13.2. The summed E-state index contributed by atoms with van der Waals surface area (Å²) in [7, 11) is 0. The number of anilines is 2. The summed E-state index contributed by atoms with van der Waals surface area (Å²) in [5.74, 6) is 1.39. The lowest BCUT2D eigenvalue weighted by Gasteiger charge is -2.26. The normalized spacial score (nSPS) is 11.3. The minimum Gasteiger partial charge on any atom is -0.461 e. The first-order valence-electron chi connectivity index (χ1n) is 11.2. The first-order chi connectivity index (χ1) is 15.7. The molecule has 0 saturated heterocycles. The van der Waals surface area contributed by atoms with Crippen LogP contribution in [0.4, 0.5) is 11.5 Å². The quantitative estimate of drug-likeness (QED) is 0.514. The minimum absolute atomic E-state index is 0.0100. The molecule has 8 heteroatoms. The van der Waals surface area contributed by atoms with E-state index in [-0.39, 0.29) is 35.7 Å². The Morgan fingerprint density at radius 1 is 1.06 bits per heavy atom. The number of H-pyrrole nitrogens is 1. The summed E-state index contributed by atoms with van der Waals surface area (Å²) in [6.45, 7) is 8.44. The van der Waals surface area contributed by atoms with Crippen molar-refractivity contribution in [3.05, 3.63) is 69.1 Å². The number of rotatable bonds is 9. The third kappa shape index (κ3) is 5.83. The second kappa shape index (κ2) is 10.4. The molecule has 2 aromatic heterocycles. The molecule has 0 radical (unpaired) electrons. The second-order valence-corrected chi connectivity index (χ2v) is 9.03. The van der Waals surface area contributed by atoms with Crippen LogP contribution in [0.3, 0.4) is 0 Å². The fraction of sp³-hybridized carbons (Fsp3) is 0.400. The fourth-order valence-corrected chi connectivity index (χ4v) is 3.70. The molecule has 2 heterocycles. The van der Waals surface area contributed by atoms with E-state index in [0.717, 1.165) is 11.3 Å². The molecule has 3 rings (SSSR count). The lowest BCUT2D eigenvalue weighted by molar-refractivity contribution is -0.118. The van der Waals surface area contributed by atoms with E-state index in [2.05, 4.69) is 4.98 Å². The smallest absolute Gasteiger partial charge is 0.330 e. The van der Waals surface area contributed by atoms with E-state index >= 15 is 0 Å². The number of furan rings is 1. The molecule has 176 valence electrons. The van der Waals surface area contributed by atoms with Gasteiger partial charge in [0.1, 0.15) is 17.3 Å². The van der Waals surface area contributed by atoms with Gasteiger partial charge in [0.2, 0.25) is 5.91 Å². The number of aromatic nitrogens is 2. The van der Waals surface area contributed by atoms with Gasteiger partial charge in [-0.2, -0.15) is 0 Å². The number of hydrogen-bond acceptors (Lipinski definition) is 5. The molecule has 3 aromatic rings. The van der Waals surface area contributed by atoms with Gasteiger partial charge in [-0.15, -0.1) is 0 Å². The maximum Gasteiger partial charge on any atom is 0.330 e. The third-order valence-electron chi connectivity index (χ3n) is 5.19. The van der Waals surface area contributed by atoms with Crippen LogP contribution >= 0.6 is 0 Å². The number of nitrogens with two attached hydrogens (primary N) is 1. The monoisotopic (exact) mass is 452 g/mol. The number of amides is 1. The summed E-state index contributed by atoms with van der Waals surface area (Å²) in [6, 6.07) is 13.5. The van der Waals surface area contributed by atoms with E-state index in [9.17, 15) is 14.4 Å². The van der Waals surface area contributed by atoms with Gasteiger partial charge in [-0.1, -0.05) is 58.0 Å². The number of aromatic amines is 1. The Hall–Kier alpha value is -3.55. The molecule has 3 N–H and O–H groups in total. The average molecular weight is 453 g/mol. The Bertz CT molecular complexity index is 1210. The highest BCUT2D eigenvalue weighted by Gasteiger charge is 2.25. The van der Waals surface area contributed by atoms with Crippen molar-refractivity contribution in [2.45, 2.75) is 47.1 Å². The molecule has 1 amide bonds. The summed E-state index contributed by atoms with van der Waals surface area (Å²) >= 11 is 0. The molecule has 0 unspecified atom stereocenters. The van der Waals surface area contributed by atoms with Gasteiger partial charge in [-0.3, -0.25) is 19.1 Å². The number of nitrogens with one attached hydrogen (secondary N) is 1. The number of benzene rings is 1. The lowest BCUT2D eigenvalue weighted by Crippen LogP contribution is -2.43. The molecule has 8 nitrogen and oxygen atoms in total. The zero-order valence-electron chi connectivity index (χ0n) is 19.6.